The van der Waals surface area contributed by atoms with E-state index in [0.29, 0.717) is 0 Å². The van der Waals surface area contributed by atoms with Gasteiger partial charge in [-0.05, 0) is 40.5 Å². The molecule has 0 saturated heterocycles. The Morgan fingerprint density at radius 3 is 0.917 bits per heavy atom. The highest BCUT2D eigenvalue weighted by molar-refractivity contribution is 6.16. The van der Waals surface area contributed by atoms with Crippen LogP contribution >= 0.6 is 0 Å². The third-order valence-electron chi connectivity index (χ3n) is 4.10. The topological polar surface area (TPSA) is 105 Å². The van der Waals surface area contributed by atoms with E-state index < -0.39 is 34.7 Å². The molecule has 8 heteroatoms. The lowest BCUT2D eigenvalue weighted by molar-refractivity contribution is -0.220. The van der Waals surface area contributed by atoms with Gasteiger partial charge in [0.15, 0.2) is 10.8 Å². The fourth-order valence-corrected chi connectivity index (χ4v) is 2.91. The monoisotopic (exact) mass is 344 g/mol. The molecule has 0 atom stereocenters. The molecule has 24 heavy (non-hydrogen) atoms. The molecule has 1 aliphatic carbocycles. The van der Waals surface area contributed by atoms with Crippen LogP contribution in [0.3, 0.4) is 0 Å². The van der Waals surface area contributed by atoms with Crippen LogP contribution in [0.2, 0.25) is 0 Å². The highest BCUT2D eigenvalue weighted by Crippen LogP contribution is 2.60. The van der Waals surface area contributed by atoms with Crippen molar-refractivity contribution in [1.82, 2.24) is 0 Å². The van der Waals surface area contributed by atoms with Crippen molar-refractivity contribution < 1.29 is 38.1 Å². The molecule has 0 aromatic rings. The molecule has 136 valence electrons. The molecule has 0 amide bonds. The summed E-state index contributed by atoms with van der Waals surface area (Å²) >= 11 is 0. The fourth-order valence-electron chi connectivity index (χ4n) is 2.91. The number of rotatable bonds is 8. The average molecular weight is 344 g/mol. The summed E-state index contributed by atoms with van der Waals surface area (Å²) in [4.78, 5) is 50.2. The first kappa shape index (κ1) is 19.9. The van der Waals surface area contributed by atoms with Gasteiger partial charge < -0.3 is 18.9 Å². The number of hydrogen-bond acceptors (Lipinski definition) is 8. The van der Waals surface area contributed by atoms with E-state index in [1.807, 2.05) is 0 Å². The second kappa shape index (κ2) is 8.12. The van der Waals surface area contributed by atoms with Gasteiger partial charge in [-0.2, -0.15) is 0 Å². The zero-order chi connectivity index (χ0) is 18.4. The summed E-state index contributed by atoms with van der Waals surface area (Å²) in [7, 11) is 0. The number of carbonyl (C=O) groups excluding carboxylic acids is 4. The van der Waals surface area contributed by atoms with Gasteiger partial charge in [-0.25, -0.2) is 0 Å². The largest absolute Gasteiger partial charge is 0.465 e. The van der Waals surface area contributed by atoms with E-state index in [9.17, 15) is 19.2 Å². The molecule has 0 aromatic heterocycles. The smallest absolute Gasteiger partial charge is 0.325 e. The predicted octanol–water partition coefficient (Wildman–Crippen LogP) is 1.01. The molecule has 0 bridgehead atoms. The van der Waals surface area contributed by atoms with Crippen LogP contribution in [0.15, 0.2) is 0 Å². The average Bonchev–Trinajstić information content (AvgIpc) is 2.48. The summed E-state index contributed by atoms with van der Waals surface area (Å²) in [5, 5.41) is 0. The zero-order valence-corrected chi connectivity index (χ0v) is 14.5. The normalized spacial score (nSPS) is 17.2. The van der Waals surface area contributed by atoms with Gasteiger partial charge >= 0.3 is 23.9 Å². The molecule has 1 saturated carbocycles. The SMILES string of the molecule is CCOC(=O)C1(C(=O)OCC)CCC1(C(=O)OCC)C(=O)OCC. The van der Waals surface area contributed by atoms with Crippen LogP contribution in [-0.4, -0.2) is 50.3 Å². The summed E-state index contributed by atoms with van der Waals surface area (Å²) in [5.41, 5.74) is -4.14. The van der Waals surface area contributed by atoms with Gasteiger partial charge in [-0.1, -0.05) is 0 Å². The third kappa shape index (κ3) is 2.85. The van der Waals surface area contributed by atoms with Crippen molar-refractivity contribution in [3.63, 3.8) is 0 Å². The molecule has 0 radical (unpaired) electrons. The molecule has 1 fully saturated rings. The van der Waals surface area contributed by atoms with E-state index in [1.165, 1.54) is 0 Å². The van der Waals surface area contributed by atoms with Crippen LogP contribution < -0.4 is 0 Å². The Bertz CT molecular complexity index is 428. The summed E-state index contributed by atoms with van der Waals surface area (Å²) in [6.45, 7) is 6.20. The molecule has 0 aliphatic heterocycles. The molecule has 0 heterocycles. The van der Waals surface area contributed by atoms with E-state index in [1.54, 1.807) is 27.7 Å². The zero-order valence-electron chi connectivity index (χ0n) is 14.5. The minimum atomic E-state index is -2.07. The summed E-state index contributed by atoms with van der Waals surface area (Å²) in [6, 6.07) is 0. The van der Waals surface area contributed by atoms with E-state index in [4.69, 9.17) is 18.9 Å². The van der Waals surface area contributed by atoms with Crippen LogP contribution in [-0.2, 0) is 38.1 Å². The Labute approximate surface area is 140 Å². The summed E-state index contributed by atoms with van der Waals surface area (Å²) < 4.78 is 19.9. The van der Waals surface area contributed by atoms with Gasteiger partial charge in [0.25, 0.3) is 0 Å². The van der Waals surface area contributed by atoms with E-state index in [2.05, 4.69) is 0 Å². The lowest BCUT2D eigenvalue weighted by Gasteiger charge is -2.50. The molecule has 1 aliphatic rings. The number of hydrogen-bond donors (Lipinski definition) is 0. The van der Waals surface area contributed by atoms with Crippen molar-refractivity contribution in [2.75, 3.05) is 26.4 Å². The van der Waals surface area contributed by atoms with Gasteiger partial charge in [0.2, 0.25) is 0 Å². The lowest BCUT2D eigenvalue weighted by atomic mass is 9.48. The van der Waals surface area contributed by atoms with Gasteiger partial charge in [-0.3, -0.25) is 19.2 Å². The molecule has 0 spiro atoms. The Kier molecular flexibility index (Phi) is 6.74. The molecular formula is C16H24O8. The van der Waals surface area contributed by atoms with Crippen molar-refractivity contribution in [2.45, 2.75) is 40.5 Å². The summed E-state index contributed by atoms with van der Waals surface area (Å²) in [5.74, 6) is -3.90. The second-order valence-electron chi connectivity index (χ2n) is 5.19. The second-order valence-corrected chi connectivity index (χ2v) is 5.19. The van der Waals surface area contributed by atoms with Crippen LogP contribution in [0.25, 0.3) is 0 Å². The highest BCUT2D eigenvalue weighted by Gasteiger charge is 2.79. The molecule has 1 rings (SSSR count). The fraction of sp³-hybridized carbons (Fsp3) is 0.750. The van der Waals surface area contributed by atoms with Crippen molar-refractivity contribution in [3.8, 4) is 0 Å². The third-order valence-corrected chi connectivity index (χ3v) is 4.10. The first-order valence-corrected chi connectivity index (χ1v) is 8.07. The van der Waals surface area contributed by atoms with E-state index >= 15 is 0 Å². The van der Waals surface area contributed by atoms with Crippen molar-refractivity contribution in [3.05, 3.63) is 0 Å². The maximum Gasteiger partial charge on any atom is 0.325 e. The quantitative estimate of drug-likeness (QED) is 0.365. The first-order valence-electron chi connectivity index (χ1n) is 8.07. The van der Waals surface area contributed by atoms with Crippen molar-refractivity contribution >= 4 is 23.9 Å². The number of carbonyl (C=O) groups is 4. The van der Waals surface area contributed by atoms with Crippen molar-refractivity contribution in [2.24, 2.45) is 10.8 Å². The first-order chi connectivity index (χ1) is 11.4. The standard InChI is InChI=1S/C16H24O8/c1-5-21-11(17)15(12(18)22-6-2)9-10-16(15,13(19)23-7-3)14(20)24-8-4/h5-10H2,1-4H3. The van der Waals surface area contributed by atoms with Crippen molar-refractivity contribution in [1.29, 1.82) is 0 Å². The van der Waals surface area contributed by atoms with Crippen LogP contribution in [0.5, 0.6) is 0 Å². The maximum absolute atomic E-state index is 12.6. The Morgan fingerprint density at radius 1 is 0.583 bits per heavy atom. The predicted molar refractivity (Wildman–Crippen MR) is 80.6 cm³/mol. The van der Waals surface area contributed by atoms with Crippen LogP contribution in [0, 0.1) is 10.8 Å². The van der Waals surface area contributed by atoms with Crippen LogP contribution in [0.4, 0.5) is 0 Å². The van der Waals surface area contributed by atoms with Gasteiger partial charge in [0, 0.05) is 0 Å². The van der Waals surface area contributed by atoms with Gasteiger partial charge in [0.1, 0.15) is 0 Å². The van der Waals surface area contributed by atoms with Gasteiger partial charge in [-0.15, -0.1) is 0 Å². The molecule has 0 aromatic carbocycles. The minimum absolute atomic E-state index is 0.0122. The number of esters is 4. The lowest BCUT2D eigenvalue weighted by Crippen LogP contribution is -2.69. The molecule has 0 unspecified atom stereocenters. The van der Waals surface area contributed by atoms with Gasteiger partial charge in [0.05, 0.1) is 26.4 Å². The molecule has 8 nitrogen and oxygen atoms in total. The van der Waals surface area contributed by atoms with Crippen LogP contribution in [0.1, 0.15) is 40.5 Å². The molecular weight excluding hydrogens is 320 g/mol. The number of ether oxygens (including phenoxy) is 4. The molecule has 0 N–H and O–H groups in total. The van der Waals surface area contributed by atoms with E-state index in [-0.39, 0.29) is 39.3 Å². The minimum Gasteiger partial charge on any atom is -0.465 e. The Balaban J connectivity index is 3.47. The highest BCUT2D eigenvalue weighted by atomic mass is 16.6. The Hall–Kier alpha value is -2.12. The Morgan fingerprint density at radius 2 is 0.792 bits per heavy atom. The summed E-state index contributed by atoms with van der Waals surface area (Å²) in [6.07, 6.45) is -0.107. The van der Waals surface area contributed by atoms with E-state index in [0.717, 1.165) is 0 Å². The maximum atomic E-state index is 12.6.